The van der Waals surface area contributed by atoms with Gasteiger partial charge in [0.1, 0.15) is 0 Å². The fraction of sp³-hybridized carbons (Fsp3) is 0.429. The van der Waals surface area contributed by atoms with Gasteiger partial charge < -0.3 is 15.5 Å². The van der Waals surface area contributed by atoms with Crippen LogP contribution < -0.4 is 10.6 Å². The van der Waals surface area contributed by atoms with Crippen LogP contribution in [-0.4, -0.2) is 62.9 Å². The number of aryl methyl sites for hydroxylation is 1. The average Bonchev–Trinajstić information content (AvgIpc) is 3.38. The number of anilines is 1. The minimum atomic E-state index is -0.351. The Bertz CT molecular complexity index is 1380. The molecule has 1 saturated heterocycles. The predicted octanol–water partition coefficient (Wildman–Crippen LogP) is 3.61. The van der Waals surface area contributed by atoms with Gasteiger partial charge in [-0.2, -0.15) is 5.26 Å². The molecule has 0 spiro atoms. The molecule has 3 aromatic rings. The van der Waals surface area contributed by atoms with Gasteiger partial charge in [-0.15, -0.1) is 5.10 Å². The van der Waals surface area contributed by atoms with Gasteiger partial charge in [-0.3, -0.25) is 14.6 Å². The molecule has 1 unspecified atom stereocenters. The molecule has 0 saturated carbocycles. The van der Waals surface area contributed by atoms with Gasteiger partial charge in [0, 0.05) is 18.2 Å². The lowest BCUT2D eigenvalue weighted by Gasteiger charge is -2.32. The molecular weight excluding hydrogens is 480 g/mol. The molecule has 1 aliphatic heterocycles. The summed E-state index contributed by atoms with van der Waals surface area (Å²) in [6.07, 6.45) is 6.53. The van der Waals surface area contributed by atoms with Crippen LogP contribution in [-0.2, 0) is 5.41 Å². The van der Waals surface area contributed by atoms with Gasteiger partial charge in [-0.05, 0) is 68.6 Å². The summed E-state index contributed by atoms with van der Waals surface area (Å²) in [7, 11) is 2.08. The molecule has 198 valence electrons. The summed E-state index contributed by atoms with van der Waals surface area (Å²) in [6, 6.07) is 9.35. The second-order valence-corrected chi connectivity index (χ2v) is 10.8. The Labute approximate surface area is 223 Å². The number of benzene rings is 1. The number of carbonyl (C=O) groups excluding carboxylic acids is 2. The summed E-state index contributed by atoms with van der Waals surface area (Å²) in [4.78, 5) is 32.4. The molecule has 1 aromatic carbocycles. The van der Waals surface area contributed by atoms with Gasteiger partial charge in [0.25, 0.3) is 11.8 Å². The highest BCUT2D eigenvalue weighted by atomic mass is 16.2. The zero-order chi connectivity index (χ0) is 27.4. The quantitative estimate of drug-likeness (QED) is 0.514. The largest absolute Gasteiger partial charge is 0.349 e. The van der Waals surface area contributed by atoms with Gasteiger partial charge in [0.15, 0.2) is 5.69 Å². The van der Waals surface area contributed by atoms with E-state index in [1.54, 1.807) is 36.7 Å². The molecule has 0 aliphatic carbocycles. The van der Waals surface area contributed by atoms with Crippen molar-refractivity contribution in [3.05, 3.63) is 64.7 Å². The first-order valence-corrected chi connectivity index (χ1v) is 12.8. The standard InChI is InChI=1S/C28H34N8O2/c1-18-25(36-17-24(33-34-36)27(38)31-16-23-8-6-7-9-35(23)5)13-22(15-30-18)32-26(37)20-10-19(14-29)11-21(12-20)28(2,3)4/h10-13,15,17,23H,6-9,16H2,1-5H3,(H,31,38)(H,32,37). The number of amides is 2. The lowest BCUT2D eigenvalue weighted by atomic mass is 9.85. The minimum absolute atomic E-state index is 0.209. The summed E-state index contributed by atoms with van der Waals surface area (Å²) in [6.45, 7) is 9.51. The fourth-order valence-electron chi connectivity index (χ4n) is 4.47. The van der Waals surface area contributed by atoms with E-state index < -0.39 is 0 Å². The van der Waals surface area contributed by atoms with E-state index in [2.05, 4.69) is 43.9 Å². The Balaban J connectivity index is 1.49. The number of nitriles is 1. The lowest BCUT2D eigenvalue weighted by Crippen LogP contribution is -2.44. The number of nitrogens with one attached hydrogen (secondary N) is 2. The predicted molar refractivity (Wildman–Crippen MR) is 144 cm³/mol. The third-order valence-corrected chi connectivity index (χ3v) is 6.90. The lowest BCUT2D eigenvalue weighted by molar-refractivity contribution is 0.0923. The molecule has 10 heteroatoms. The van der Waals surface area contributed by atoms with E-state index in [0.29, 0.717) is 40.8 Å². The van der Waals surface area contributed by atoms with E-state index in [0.717, 1.165) is 18.5 Å². The zero-order valence-corrected chi connectivity index (χ0v) is 22.6. The topological polar surface area (TPSA) is 129 Å². The minimum Gasteiger partial charge on any atom is -0.349 e. The van der Waals surface area contributed by atoms with Crippen LogP contribution in [0.1, 0.15) is 77.7 Å². The molecule has 2 aromatic heterocycles. The molecule has 2 N–H and O–H groups in total. The molecule has 1 atom stereocenters. The van der Waals surface area contributed by atoms with Crippen molar-refractivity contribution in [3.63, 3.8) is 0 Å². The van der Waals surface area contributed by atoms with Crippen LogP contribution in [0.4, 0.5) is 5.69 Å². The number of nitrogens with zero attached hydrogens (tertiary/aromatic N) is 6. The Kier molecular flexibility index (Phi) is 7.88. The molecular formula is C28H34N8O2. The molecule has 0 bridgehead atoms. The van der Waals surface area contributed by atoms with Gasteiger partial charge >= 0.3 is 0 Å². The van der Waals surface area contributed by atoms with Gasteiger partial charge in [0.2, 0.25) is 0 Å². The van der Waals surface area contributed by atoms with Crippen molar-refractivity contribution >= 4 is 17.5 Å². The van der Waals surface area contributed by atoms with E-state index in [1.807, 2.05) is 27.7 Å². The number of hydrogen-bond acceptors (Lipinski definition) is 7. The van der Waals surface area contributed by atoms with Crippen molar-refractivity contribution < 1.29 is 9.59 Å². The molecule has 10 nitrogen and oxygen atoms in total. The van der Waals surface area contributed by atoms with Crippen molar-refractivity contribution in [3.8, 4) is 11.8 Å². The van der Waals surface area contributed by atoms with Crippen LogP contribution in [0, 0.1) is 18.3 Å². The Morgan fingerprint density at radius 2 is 1.95 bits per heavy atom. The van der Waals surface area contributed by atoms with E-state index in [1.165, 1.54) is 17.5 Å². The summed E-state index contributed by atoms with van der Waals surface area (Å²) in [5, 5.41) is 23.4. The highest BCUT2D eigenvalue weighted by Gasteiger charge is 2.21. The summed E-state index contributed by atoms with van der Waals surface area (Å²) >= 11 is 0. The van der Waals surface area contributed by atoms with Crippen molar-refractivity contribution in [1.82, 2.24) is 30.2 Å². The Morgan fingerprint density at radius 3 is 2.66 bits per heavy atom. The first-order chi connectivity index (χ1) is 18.0. The molecule has 0 radical (unpaired) electrons. The second kappa shape index (κ2) is 11.1. The van der Waals surface area contributed by atoms with Gasteiger partial charge in [0.05, 0.1) is 41.1 Å². The van der Waals surface area contributed by atoms with Crippen molar-refractivity contribution in [2.75, 3.05) is 25.5 Å². The Morgan fingerprint density at radius 1 is 1.16 bits per heavy atom. The van der Waals surface area contributed by atoms with Crippen LogP contribution >= 0.6 is 0 Å². The maximum absolute atomic E-state index is 13.1. The normalized spacial score (nSPS) is 16.1. The first kappa shape index (κ1) is 26.9. The number of piperidine rings is 1. The number of likely N-dealkylation sites (tertiary alicyclic amines) is 1. The van der Waals surface area contributed by atoms with Crippen molar-refractivity contribution in [1.29, 1.82) is 5.26 Å². The van der Waals surface area contributed by atoms with Crippen molar-refractivity contribution in [2.24, 2.45) is 0 Å². The summed E-state index contributed by atoms with van der Waals surface area (Å²) in [5.74, 6) is -0.632. The number of carbonyl (C=O) groups is 2. The SMILES string of the molecule is Cc1ncc(NC(=O)c2cc(C#N)cc(C(C)(C)C)c2)cc1-n1cc(C(=O)NCC2CCCCN2C)nn1. The summed E-state index contributed by atoms with van der Waals surface area (Å²) < 4.78 is 1.48. The average molecular weight is 515 g/mol. The zero-order valence-electron chi connectivity index (χ0n) is 22.6. The van der Waals surface area contributed by atoms with E-state index >= 15 is 0 Å². The fourth-order valence-corrected chi connectivity index (χ4v) is 4.47. The van der Waals surface area contributed by atoms with E-state index in [4.69, 9.17) is 0 Å². The maximum atomic E-state index is 13.1. The number of rotatable bonds is 6. The smallest absolute Gasteiger partial charge is 0.273 e. The van der Waals surface area contributed by atoms with Crippen LogP contribution in [0.2, 0.25) is 0 Å². The second-order valence-electron chi connectivity index (χ2n) is 10.8. The van der Waals surface area contributed by atoms with Crippen molar-refractivity contribution in [2.45, 2.75) is 58.4 Å². The number of hydrogen-bond donors (Lipinski definition) is 2. The number of aromatic nitrogens is 4. The first-order valence-electron chi connectivity index (χ1n) is 12.8. The molecule has 1 fully saturated rings. The third kappa shape index (κ3) is 6.23. The highest BCUT2D eigenvalue weighted by Crippen LogP contribution is 2.25. The van der Waals surface area contributed by atoms with E-state index in [9.17, 15) is 14.9 Å². The number of likely N-dealkylation sites (N-methyl/N-ethyl adjacent to an activating group) is 1. The molecule has 38 heavy (non-hydrogen) atoms. The number of pyridine rings is 1. The van der Waals surface area contributed by atoms with Crippen LogP contribution in [0.25, 0.3) is 5.69 Å². The molecule has 1 aliphatic rings. The van der Waals surface area contributed by atoms with Crippen LogP contribution in [0.3, 0.4) is 0 Å². The van der Waals surface area contributed by atoms with Crippen LogP contribution in [0.15, 0.2) is 36.7 Å². The van der Waals surface area contributed by atoms with Gasteiger partial charge in [-0.25, -0.2) is 4.68 Å². The monoisotopic (exact) mass is 514 g/mol. The van der Waals surface area contributed by atoms with E-state index in [-0.39, 0.29) is 22.9 Å². The summed E-state index contributed by atoms with van der Waals surface area (Å²) in [5.41, 5.74) is 3.40. The highest BCUT2D eigenvalue weighted by molar-refractivity contribution is 6.04. The molecule has 4 rings (SSSR count). The molecule has 2 amide bonds. The third-order valence-electron chi connectivity index (χ3n) is 6.90. The maximum Gasteiger partial charge on any atom is 0.273 e. The molecule has 3 heterocycles. The van der Waals surface area contributed by atoms with Crippen LogP contribution in [0.5, 0.6) is 0 Å². The van der Waals surface area contributed by atoms with Gasteiger partial charge in [-0.1, -0.05) is 32.4 Å². The Hall–Kier alpha value is -4.10.